The van der Waals surface area contributed by atoms with Crippen LogP contribution in [0.3, 0.4) is 0 Å². The number of nitrogens with zero attached hydrogens (tertiary/aromatic N) is 1. The Balaban J connectivity index is 1.73. The van der Waals surface area contributed by atoms with Crippen molar-refractivity contribution in [2.45, 2.75) is 32.6 Å². The normalized spacial score (nSPS) is 17.5. The first kappa shape index (κ1) is 19.8. The number of carbonyl (C=O) groups is 1. The van der Waals surface area contributed by atoms with Crippen molar-refractivity contribution in [3.8, 4) is 0 Å². The van der Waals surface area contributed by atoms with Crippen molar-refractivity contribution in [1.82, 2.24) is 4.98 Å². The fraction of sp³-hybridized carbons (Fsp3) is 0.333. The molecule has 4 nitrogen and oxygen atoms in total. The van der Waals surface area contributed by atoms with Crippen molar-refractivity contribution in [1.29, 1.82) is 0 Å². The number of thiazole rings is 1. The molecule has 0 bridgehead atoms. The van der Waals surface area contributed by atoms with E-state index in [4.69, 9.17) is 17.3 Å². The SMILES string of the molecule is CCC1C=CC(c2csc(NC(=O)C(CN)c3cccc(Cl)c3C)n2)=CC1. The van der Waals surface area contributed by atoms with Crippen molar-refractivity contribution in [2.75, 3.05) is 11.9 Å². The van der Waals surface area contributed by atoms with Gasteiger partial charge < -0.3 is 11.1 Å². The van der Waals surface area contributed by atoms with E-state index in [0.29, 0.717) is 16.1 Å². The van der Waals surface area contributed by atoms with Gasteiger partial charge >= 0.3 is 0 Å². The lowest BCUT2D eigenvalue weighted by molar-refractivity contribution is -0.117. The zero-order valence-electron chi connectivity index (χ0n) is 15.5. The maximum absolute atomic E-state index is 12.8. The summed E-state index contributed by atoms with van der Waals surface area (Å²) in [4.78, 5) is 17.4. The Morgan fingerprint density at radius 2 is 2.30 bits per heavy atom. The third kappa shape index (κ3) is 4.49. The number of anilines is 1. The van der Waals surface area contributed by atoms with Crippen LogP contribution in [0.15, 0.2) is 41.8 Å². The zero-order chi connectivity index (χ0) is 19.4. The lowest BCUT2D eigenvalue weighted by Gasteiger charge is -2.17. The lowest BCUT2D eigenvalue weighted by atomic mass is 9.94. The molecular weight excluding hydrogens is 378 g/mol. The summed E-state index contributed by atoms with van der Waals surface area (Å²) in [6, 6.07) is 5.55. The van der Waals surface area contributed by atoms with Crippen molar-refractivity contribution in [3.05, 3.63) is 63.7 Å². The van der Waals surface area contributed by atoms with Crippen LogP contribution in [0.4, 0.5) is 5.13 Å². The van der Waals surface area contributed by atoms with Gasteiger partial charge in [0, 0.05) is 16.9 Å². The molecule has 142 valence electrons. The first-order valence-electron chi connectivity index (χ1n) is 9.13. The van der Waals surface area contributed by atoms with Crippen LogP contribution in [0.2, 0.25) is 5.02 Å². The molecule has 0 aliphatic heterocycles. The van der Waals surface area contributed by atoms with Crippen LogP contribution in [-0.2, 0) is 4.79 Å². The molecule has 0 spiro atoms. The number of amides is 1. The summed E-state index contributed by atoms with van der Waals surface area (Å²) in [5.74, 6) is -0.0176. The Hall–Kier alpha value is -1.95. The molecule has 0 fully saturated rings. The van der Waals surface area contributed by atoms with Gasteiger partial charge in [-0.2, -0.15) is 0 Å². The highest BCUT2D eigenvalue weighted by Crippen LogP contribution is 2.30. The maximum Gasteiger partial charge on any atom is 0.234 e. The van der Waals surface area contributed by atoms with Gasteiger partial charge in [0.2, 0.25) is 5.91 Å². The van der Waals surface area contributed by atoms with Crippen LogP contribution in [0.25, 0.3) is 5.57 Å². The summed E-state index contributed by atoms with van der Waals surface area (Å²) in [6.45, 7) is 4.30. The molecule has 0 radical (unpaired) electrons. The Morgan fingerprint density at radius 1 is 1.48 bits per heavy atom. The van der Waals surface area contributed by atoms with Gasteiger partial charge in [0.05, 0.1) is 11.6 Å². The molecule has 3 rings (SSSR count). The van der Waals surface area contributed by atoms with E-state index < -0.39 is 5.92 Å². The van der Waals surface area contributed by atoms with Crippen LogP contribution < -0.4 is 11.1 Å². The first-order valence-corrected chi connectivity index (χ1v) is 10.4. The van der Waals surface area contributed by atoms with Gasteiger partial charge in [-0.05, 0) is 48.4 Å². The molecule has 2 atom stereocenters. The minimum atomic E-state index is -0.463. The Labute approximate surface area is 169 Å². The third-order valence-electron chi connectivity index (χ3n) is 4.98. The predicted molar refractivity (Wildman–Crippen MR) is 114 cm³/mol. The predicted octanol–water partition coefficient (Wildman–Crippen LogP) is 5.16. The summed E-state index contributed by atoms with van der Waals surface area (Å²) in [6.07, 6.45) is 8.75. The summed E-state index contributed by atoms with van der Waals surface area (Å²) >= 11 is 7.62. The fourth-order valence-electron chi connectivity index (χ4n) is 3.19. The van der Waals surface area contributed by atoms with E-state index in [0.717, 1.165) is 35.2 Å². The van der Waals surface area contributed by atoms with E-state index in [-0.39, 0.29) is 12.5 Å². The monoisotopic (exact) mass is 401 g/mol. The second-order valence-electron chi connectivity index (χ2n) is 6.69. The number of halogens is 1. The third-order valence-corrected chi connectivity index (χ3v) is 6.15. The van der Waals surface area contributed by atoms with Crippen LogP contribution >= 0.6 is 22.9 Å². The molecule has 2 unspecified atom stereocenters. The van der Waals surface area contributed by atoms with Crippen LogP contribution in [0.1, 0.15) is 42.5 Å². The van der Waals surface area contributed by atoms with Gasteiger partial charge in [0.1, 0.15) is 0 Å². The van der Waals surface area contributed by atoms with Crippen LogP contribution in [0, 0.1) is 12.8 Å². The van der Waals surface area contributed by atoms with Gasteiger partial charge in [-0.25, -0.2) is 4.98 Å². The van der Waals surface area contributed by atoms with E-state index in [1.165, 1.54) is 11.3 Å². The second kappa shape index (κ2) is 8.83. The summed E-state index contributed by atoms with van der Waals surface area (Å²) in [5.41, 5.74) is 9.62. The summed E-state index contributed by atoms with van der Waals surface area (Å²) < 4.78 is 0. The average molecular weight is 402 g/mol. The molecule has 1 heterocycles. The average Bonchev–Trinajstić information content (AvgIpc) is 3.14. The van der Waals surface area contributed by atoms with E-state index in [9.17, 15) is 4.79 Å². The van der Waals surface area contributed by atoms with Gasteiger partial charge in [0.15, 0.2) is 5.13 Å². The van der Waals surface area contributed by atoms with Gasteiger partial charge in [0.25, 0.3) is 0 Å². The number of carbonyl (C=O) groups excluding carboxylic acids is 1. The Bertz CT molecular complexity index is 887. The minimum absolute atomic E-state index is 0.164. The molecule has 0 saturated heterocycles. The van der Waals surface area contributed by atoms with Crippen molar-refractivity contribution in [2.24, 2.45) is 11.7 Å². The van der Waals surface area contributed by atoms with Crippen molar-refractivity contribution >= 4 is 39.5 Å². The molecule has 3 N–H and O–H groups in total. The number of nitrogens with one attached hydrogen (secondary N) is 1. The zero-order valence-corrected chi connectivity index (χ0v) is 17.1. The van der Waals surface area contributed by atoms with E-state index in [1.807, 2.05) is 30.5 Å². The van der Waals surface area contributed by atoms with Crippen molar-refractivity contribution < 1.29 is 4.79 Å². The molecule has 2 aromatic rings. The molecule has 1 aliphatic carbocycles. The standard InChI is InChI=1S/C21H24ClN3OS/c1-3-14-7-9-15(10-8-14)19-12-27-21(24-19)25-20(26)17(11-23)16-5-4-6-18(22)13(16)2/h4-7,9-10,12,14,17H,3,8,11,23H2,1-2H3,(H,24,25,26). The number of aromatic nitrogens is 1. The quantitative estimate of drug-likeness (QED) is 0.702. The molecule has 1 aliphatic rings. The second-order valence-corrected chi connectivity index (χ2v) is 7.96. The summed E-state index contributed by atoms with van der Waals surface area (Å²) in [5, 5.41) is 6.10. The minimum Gasteiger partial charge on any atom is -0.329 e. The maximum atomic E-state index is 12.8. The van der Waals surface area contributed by atoms with Crippen LogP contribution in [0.5, 0.6) is 0 Å². The lowest BCUT2D eigenvalue weighted by Crippen LogP contribution is -2.28. The van der Waals surface area contributed by atoms with Gasteiger partial charge in [-0.1, -0.05) is 48.9 Å². The molecule has 1 aromatic heterocycles. The molecule has 1 amide bonds. The van der Waals surface area contributed by atoms with Gasteiger partial charge in [-0.15, -0.1) is 11.3 Å². The number of hydrogen-bond acceptors (Lipinski definition) is 4. The van der Waals surface area contributed by atoms with Gasteiger partial charge in [-0.3, -0.25) is 4.79 Å². The first-order chi connectivity index (χ1) is 13.0. The summed E-state index contributed by atoms with van der Waals surface area (Å²) in [7, 11) is 0. The molecule has 6 heteroatoms. The number of allylic oxidation sites excluding steroid dienone is 4. The van der Waals surface area contributed by atoms with Crippen molar-refractivity contribution in [3.63, 3.8) is 0 Å². The number of hydrogen-bond donors (Lipinski definition) is 2. The smallest absolute Gasteiger partial charge is 0.234 e. The highest BCUT2D eigenvalue weighted by Gasteiger charge is 2.23. The number of rotatable bonds is 6. The largest absolute Gasteiger partial charge is 0.329 e. The molecule has 0 saturated carbocycles. The van der Waals surface area contributed by atoms with E-state index >= 15 is 0 Å². The Morgan fingerprint density at radius 3 is 2.96 bits per heavy atom. The number of nitrogens with two attached hydrogens (primary N) is 1. The Kier molecular flexibility index (Phi) is 6.47. The number of benzene rings is 1. The van der Waals surface area contributed by atoms with Crippen LogP contribution in [-0.4, -0.2) is 17.4 Å². The van der Waals surface area contributed by atoms with E-state index in [2.05, 4.69) is 35.5 Å². The van der Waals surface area contributed by atoms with E-state index in [1.54, 1.807) is 0 Å². The highest BCUT2D eigenvalue weighted by atomic mass is 35.5. The molecule has 1 aromatic carbocycles. The molecular formula is C21H24ClN3OS. The fourth-order valence-corrected chi connectivity index (χ4v) is 4.10. The topological polar surface area (TPSA) is 68.0 Å². The highest BCUT2D eigenvalue weighted by molar-refractivity contribution is 7.14. The molecule has 27 heavy (non-hydrogen) atoms.